The zero-order chi connectivity index (χ0) is 16.4. The van der Waals surface area contributed by atoms with Crippen LogP contribution in [0.2, 0.25) is 0 Å². The van der Waals surface area contributed by atoms with E-state index in [4.69, 9.17) is 0 Å². The van der Waals surface area contributed by atoms with Crippen LogP contribution in [0.4, 0.5) is 10.1 Å². The number of hydrogen-bond acceptors (Lipinski definition) is 2. The Morgan fingerprint density at radius 1 is 1.26 bits per heavy atom. The van der Waals surface area contributed by atoms with E-state index in [0.717, 1.165) is 5.56 Å². The highest BCUT2D eigenvalue weighted by Crippen LogP contribution is 2.34. The van der Waals surface area contributed by atoms with Crippen LogP contribution in [-0.4, -0.2) is 23.8 Å². The molecule has 0 aliphatic carbocycles. The molecule has 23 heavy (non-hydrogen) atoms. The maximum absolute atomic E-state index is 13.3. The van der Waals surface area contributed by atoms with Crippen LogP contribution in [0, 0.1) is 5.82 Å². The first-order chi connectivity index (χ1) is 11.0. The molecule has 3 rings (SSSR count). The summed E-state index contributed by atoms with van der Waals surface area (Å²) in [5, 5.41) is 2.62. The van der Waals surface area contributed by atoms with E-state index >= 15 is 0 Å². The van der Waals surface area contributed by atoms with Crippen molar-refractivity contribution in [2.24, 2.45) is 0 Å². The van der Waals surface area contributed by atoms with Gasteiger partial charge in [-0.3, -0.25) is 9.59 Å². The average molecular weight is 312 g/mol. The maximum Gasteiger partial charge on any atom is 0.230 e. The van der Waals surface area contributed by atoms with E-state index in [9.17, 15) is 14.0 Å². The number of likely N-dealkylation sites (N-methyl/N-ethyl adjacent to an activating group) is 1. The van der Waals surface area contributed by atoms with Crippen LogP contribution in [0.3, 0.4) is 0 Å². The van der Waals surface area contributed by atoms with Gasteiger partial charge in [-0.1, -0.05) is 36.4 Å². The number of hydrogen-bond donors (Lipinski definition) is 1. The average Bonchev–Trinajstić information content (AvgIpc) is 2.53. The van der Waals surface area contributed by atoms with Crippen LogP contribution in [0.5, 0.6) is 0 Å². The first-order valence-corrected chi connectivity index (χ1v) is 7.43. The van der Waals surface area contributed by atoms with Gasteiger partial charge in [0, 0.05) is 25.7 Å². The zero-order valence-corrected chi connectivity index (χ0v) is 12.8. The van der Waals surface area contributed by atoms with Crippen LogP contribution in [-0.2, 0) is 16.1 Å². The highest BCUT2D eigenvalue weighted by Gasteiger charge is 2.32. The van der Waals surface area contributed by atoms with Gasteiger partial charge in [0.15, 0.2) is 0 Å². The van der Waals surface area contributed by atoms with Gasteiger partial charge in [-0.05, 0) is 23.3 Å². The van der Waals surface area contributed by atoms with Crippen molar-refractivity contribution >= 4 is 17.5 Å². The van der Waals surface area contributed by atoms with Crippen molar-refractivity contribution in [2.45, 2.75) is 18.9 Å². The molecular weight excluding hydrogens is 295 g/mol. The molecule has 2 aromatic rings. The molecule has 0 saturated heterocycles. The quantitative estimate of drug-likeness (QED) is 0.947. The summed E-state index contributed by atoms with van der Waals surface area (Å²) in [7, 11) is 1.71. The minimum atomic E-state index is -0.576. The highest BCUT2D eigenvalue weighted by atomic mass is 19.1. The minimum Gasteiger partial charge on any atom is -0.341 e. The summed E-state index contributed by atoms with van der Waals surface area (Å²) in [6.07, 6.45) is 0.0800. The van der Waals surface area contributed by atoms with Crippen LogP contribution >= 0.6 is 0 Å². The molecule has 0 fully saturated rings. The number of carbonyl (C=O) groups excluding carboxylic acids is 2. The first-order valence-electron chi connectivity index (χ1n) is 7.43. The number of halogens is 1. The molecule has 118 valence electrons. The molecule has 2 aromatic carbocycles. The van der Waals surface area contributed by atoms with Crippen molar-refractivity contribution < 1.29 is 14.0 Å². The Hall–Kier alpha value is -2.69. The predicted octanol–water partition coefficient (Wildman–Crippen LogP) is 2.91. The molecule has 1 N–H and O–H groups in total. The van der Waals surface area contributed by atoms with E-state index in [2.05, 4.69) is 5.32 Å². The molecule has 0 unspecified atom stereocenters. The van der Waals surface area contributed by atoms with Crippen molar-refractivity contribution in [1.29, 1.82) is 0 Å². The second-order valence-corrected chi connectivity index (χ2v) is 5.72. The van der Waals surface area contributed by atoms with Gasteiger partial charge in [-0.2, -0.15) is 0 Å². The number of rotatable bonds is 3. The first kappa shape index (κ1) is 15.2. The summed E-state index contributed by atoms with van der Waals surface area (Å²) in [6.45, 7) is 0.467. The molecule has 1 aliphatic rings. The number of anilines is 1. The van der Waals surface area contributed by atoms with E-state index in [1.165, 1.54) is 12.1 Å². The van der Waals surface area contributed by atoms with E-state index in [1.54, 1.807) is 18.0 Å². The molecule has 0 saturated carbocycles. The lowest BCUT2D eigenvalue weighted by atomic mass is 9.89. The molecule has 4 nitrogen and oxygen atoms in total. The molecule has 1 atom stereocenters. The van der Waals surface area contributed by atoms with Gasteiger partial charge in [-0.15, -0.1) is 0 Å². The summed E-state index contributed by atoms with van der Waals surface area (Å²) >= 11 is 0. The third kappa shape index (κ3) is 3.23. The van der Waals surface area contributed by atoms with Crippen LogP contribution in [0.25, 0.3) is 0 Å². The Labute approximate surface area is 133 Å². The monoisotopic (exact) mass is 312 g/mol. The normalized spacial score (nSPS) is 16.4. The Bertz CT molecular complexity index is 746. The number of fused-ring (bicyclic) bond motifs is 1. The summed E-state index contributed by atoms with van der Waals surface area (Å²) in [5.74, 6) is -1.42. The van der Waals surface area contributed by atoms with Crippen molar-refractivity contribution in [1.82, 2.24) is 4.90 Å². The highest BCUT2D eigenvalue weighted by molar-refractivity contribution is 6.01. The largest absolute Gasteiger partial charge is 0.341 e. The van der Waals surface area contributed by atoms with E-state index in [0.29, 0.717) is 17.8 Å². The standard InChI is InChI=1S/C18H17FN2O2/c1-21(11-12-5-3-2-4-6-12)18(23)15-10-17(22)20-16-9-13(19)7-8-14(15)16/h2-9,15H,10-11H2,1H3,(H,20,22)/t15-/m1/s1. The lowest BCUT2D eigenvalue weighted by Gasteiger charge is -2.28. The van der Waals surface area contributed by atoms with Crippen LogP contribution in [0.1, 0.15) is 23.5 Å². The molecule has 5 heteroatoms. The van der Waals surface area contributed by atoms with E-state index in [-0.39, 0.29) is 18.2 Å². The third-order valence-electron chi connectivity index (χ3n) is 3.99. The lowest BCUT2D eigenvalue weighted by molar-refractivity contribution is -0.134. The molecule has 0 spiro atoms. The van der Waals surface area contributed by atoms with Crippen molar-refractivity contribution in [3.8, 4) is 0 Å². The third-order valence-corrected chi connectivity index (χ3v) is 3.99. The Kier molecular flexibility index (Phi) is 4.10. The van der Waals surface area contributed by atoms with Gasteiger partial charge in [0.25, 0.3) is 0 Å². The Balaban J connectivity index is 1.83. The molecule has 2 amide bonds. The molecule has 0 bridgehead atoms. The van der Waals surface area contributed by atoms with Gasteiger partial charge in [0.1, 0.15) is 5.82 Å². The molecule has 1 aliphatic heterocycles. The minimum absolute atomic E-state index is 0.0800. The summed E-state index contributed by atoms with van der Waals surface area (Å²) < 4.78 is 13.3. The molecule has 1 heterocycles. The van der Waals surface area contributed by atoms with Gasteiger partial charge in [0.2, 0.25) is 11.8 Å². The summed E-state index contributed by atoms with van der Waals surface area (Å²) in [6, 6.07) is 13.8. The van der Waals surface area contributed by atoms with Crippen molar-refractivity contribution in [3.63, 3.8) is 0 Å². The number of carbonyl (C=O) groups is 2. The van der Waals surface area contributed by atoms with Gasteiger partial charge in [-0.25, -0.2) is 4.39 Å². The lowest BCUT2D eigenvalue weighted by Crippen LogP contribution is -2.36. The fourth-order valence-electron chi connectivity index (χ4n) is 2.86. The van der Waals surface area contributed by atoms with Gasteiger partial charge >= 0.3 is 0 Å². The fourth-order valence-corrected chi connectivity index (χ4v) is 2.86. The second-order valence-electron chi connectivity index (χ2n) is 5.72. The van der Waals surface area contributed by atoms with E-state index < -0.39 is 11.7 Å². The number of nitrogens with zero attached hydrogens (tertiary/aromatic N) is 1. The topological polar surface area (TPSA) is 49.4 Å². The second kappa shape index (κ2) is 6.20. The van der Waals surface area contributed by atoms with Crippen molar-refractivity contribution in [2.75, 3.05) is 12.4 Å². The Morgan fingerprint density at radius 2 is 2.00 bits per heavy atom. The molecule has 0 radical (unpaired) electrons. The van der Waals surface area contributed by atoms with Crippen molar-refractivity contribution in [3.05, 3.63) is 65.5 Å². The van der Waals surface area contributed by atoms with Gasteiger partial charge < -0.3 is 10.2 Å². The number of nitrogens with one attached hydrogen (secondary N) is 1. The summed E-state index contributed by atoms with van der Waals surface area (Å²) in [5.41, 5.74) is 2.06. The maximum atomic E-state index is 13.3. The van der Waals surface area contributed by atoms with Gasteiger partial charge in [0.05, 0.1) is 5.92 Å². The summed E-state index contributed by atoms with van der Waals surface area (Å²) in [4.78, 5) is 26.2. The number of amides is 2. The zero-order valence-electron chi connectivity index (χ0n) is 12.8. The SMILES string of the molecule is CN(Cc1ccccc1)C(=O)[C@@H]1CC(=O)Nc2cc(F)ccc21. The molecular formula is C18H17FN2O2. The fraction of sp³-hybridized carbons (Fsp3) is 0.222. The van der Waals surface area contributed by atoms with Crippen LogP contribution < -0.4 is 5.32 Å². The van der Waals surface area contributed by atoms with E-state index in [1.807, 2.05) is 30.3 Å². The molecule has 0 aromatic heterocycles. The smallest absolute Gasteiger partial charge is 0.230 e. The Morgan fingerprint density at radius 3 is 2.74 bits per heavy atom. The number of benzene rings is 2. The van der Waals surface area contributed by atoms with Crippen LogP contribution in [0.15, 0.2) is 48.5 Å². The predicted molar refractivity (Wildman–Crippen MR) is 85.3 cm³/mol.